The highest BCUT2D eigenvalue weighted by Crippen LogP contribution is 2.69. The molecule has 0 aromatic heterocycles. The van der Waals surface area contributed by atoms with Crippen LogP contribution in [0.1, 0.15) is 76.1 Å². The normalized spacial score (nSPS) is 41.0. The Morgan fingerprint density at radius 2 is 1.91 bits per heavy atom. The molecule has 2 saturated carbocycles. The Balaban J connectivity index is 1.39. The zero-order valence-corrected chi connectivity index (χ0v) is 19.6. The molecule has 5 rings (SSSR count). The number of rotatable bonds is 4. The van der Waals surface area contributed by atoms with E-state index in [0.717, 1.165) is 38.5 Å². The fourth-order valence-electron chi connectivity index (χ4n) is 6.73. The highest BCUT2D eigenvalue weighted by atomic mass is 16.7. The van der Waals surface area contributed by atoms with Gasteiger partial charge in [-0.25, -0.2) is 4.79 Å². The van der Waals surface area contributed by atoms with E-state index in [1.807, 2.05) is 32.0 Å². The highest BCUT2D eigenvalue weighted by molar-refractivity contribution is 5.89. The molecule has 4 aliphatic rings. The standard InChI is InChI=1S/C27H36O5/c1-18-10-11-21-26(31-21,17-30-23(28)19-8-6-5-7-9-19)16-22-27(32-22)20(24(2,3)29)13-15-25(27,4)14-12-18/h5-9,20-22,29H,1,10-17H2,2-4H3/t20-,21-,22+,25+,26-,27+/m0/s1. The molecule has 5 heteroatoms. The molecule has 0 bridgehead atoms. The molecule has 2 aliphatic heterocycles. The molecule has 1 aromatic rings. The zero-order chi connectivity index (χ0) is 22.8. The average Bonchev–Trinajstić information content (AvgIpc) is 3.61. The van der Waals surface area contributed by atoms with E-state index in [1.54, 1.807) is 12.1 Å². The van der Waals surface area contributed by atoms with E-state index in [1.165, 1.54) is 5.57 Å². The molecule has 1 aromatic carbocycles. The number of benzene rings is 1. The largest absolute Gasteiger partial charge is 0.459 e. The van der Waals surface area contributed by atoms with Gasteiger partial charge in [0.1, 0.15) is 17.8 Å². The number of epoxide rings is 2. The maximum absolute atomic E-state index is 12.6. The Morgan fingerprint density at radius 3 is 2.62 bits per heavy atom. The van der Waals surface area contributed by atoms with Crippen LogP contribution in [0, 0.1) is 11.3 Å². The van der Waals surface area contributed by atoms with Crippen LogP contribution in [0.15, 0.2) is 42.5 Å². The van der Waals surface area contributed by atoms with Gasteiger partial charge in [0.2, 0.25) is 0 Å². The summed E-state index contributed by atoms with van der Waals surface area (Å²) >= 11 is 0. The maximum atomic E-state index is 12.6. The minimum Gasteiger partial charge on any atom is -0.459 e. The molecule has 0 amide bonds. The van der Waals surface area contributed by atoms with Crippen molar-refractivity contribution < 1.29 is 24.1 Å². The van der Waals surface area contributed by atoms with Gasteiger partial charge in [0, 0.05) is 12.3 Å². The van der Waals surface area contributed by atoms with Crippen molar-refractivity contribution in [3.05, 3.63) is 48.0 Å². The van der Waals surface area contributed by atoms with Crippen LogP contribution in [0.3, 0.4) is 0 Å². The van der Waals surface area contributed by atoms with Crippen molar-refractivity contribution in [3.8, 4) is 0 Å². The molecular weight excluding hydrogens is 404 g/mol. The fraction of sp³-hybridized carbons (Fsp3) is 0.667. The number of esters is 1. The Hall–Kier alpha value is -1.69. The molecule has 2 aliphatic carbocycles. The quantitative estimate of drug-likeness (QED) is 0.413. The molecule has 6 atom stereocenters. The van der Waals surface area contributed by atoms with Crippen molar-refractivity contribution in [1.82, 2.24) is 0 Å². The smallest absolute Gasteiger partial charge is 0.338 e. The Kier molecular flexibility index (Phi) is 5.12. The van der Waals surface area contributed by atoms with Crippen molar-refractivity contribution in [2.75, 3.05) is 6.61 Å². The predicted molar refractivity (Wildman–Crippen MR) is 121 cm³/mol. The first-order valence-electron chi connectivity index (χ1n) is 12.1. The summed E-state index contributed by atoms with van der Waals surface area (Å²) < 4.78 is 18.6. The van der Waals surface area contributed by atoms with Gasteiger partial charge < -0.3 is 19.3 Å². The summed E-state index contributed by atoms with van der Waals surface area (Å²) in [5.74, 6) is -0.236. The lowest BCUT2D eigenvalue weighted by atomic mass is 9.67. The van der Waals surface area contributed by atoms with Crippen LogP contribution in [0.25, 0.3) is 0 Å². The van der Waals surface area contributed by atoms with Crippen molar-refractivity contribution in [2.45, 2.75) is 94.7 Å². The third-order valence-corrected chi connectivity index (χ3v) is 8.74. The van der Waals surface area contributed by atoms with Gasteiger partial charge in [0.05, 0.1) is 23.4 Å². The van der Waals surface area contributed by atoms with Crippen molar-refractivity contribution in [3.63, 3.8) is 0 Å². The molecule has 0 radical (unpaired) electrons. The Morgan fingerprint density at radius 1 is 1.16 bits per heavy atom. The minimum atomic E-state index is -0.805. The van der Waals surface area contributed by atoms with E-state index in [9.17, 15) is 9.90 Å². The summed E-state index contributed by atoms with van der Waals surface area (Å²) in [6.45, 7) is 10.7. The van der Waals surface area contributed by atoms with Gasteiger partial charge in [0.15, 0.2) is 0 Å². The van der Waals surface area contributed by atoms with E-state index in [-0.39, 0.29) is 41.7 Å². The second-order valence-corrected chi connectivity index (χ2v) is 11.3. The van der Waals surface area contributed by atoms with Crippen molar-refractivity contribution >= 4 is 5.97 Å². The molecule has 174 valence electrons. The van der Waals surface area contributed by atoms with Gasteiger partial charge in [-0.1, -0.05) is 37.3 Å². The number of aliphatic hydroxyl groups is 1. The molecule has 1 spiro atoms. The van der Waals surface area contributed by atoms with Crippen LogP contribution in [0.2, 0.25) is 0 Å². The third kappa shape index (κ3) is 3.53. The van der Waals surface area contributed by atoms with Crippen LogP contribution in [0.5, 0.6) is 0 Å². The summed E-state index contributed by atoms with van der Waals surface area (Å²) in [7, 11) is 0. The van der Waals surface area contributed by atoms with Gasteiger partial charge >= 0.3 is 5.97 Å². The third-order valence-electron chi connectivity index (χ3n) is 8.74. The fourth-order valence-corrected chi connectivity index (χ4v) is 6.73. The van der Waals surface area contributed by atoms with Crippen LogP contribution in [0.4, 0.5) is 0 Å². The predicted octanol–water partition coefficient (Wildman–Crippen LogP) is 4.83. The zero-order valence-electron chi connectivity index (χ0n) is 19.6. The lowest BCUT2D eigenvalue weighted by Gasteiger charge is -2.37. The van der Waals surface area contributed by atoms with Gasteiger partial charge in [0.25, 0.3) is 0 Å². The second kappa shape index (κ2) is 7.41. The van der Waals surface area contributed by atoms with Crippen LogP contribution in [-0.2, 0) is 14.2 Å². The molecule has 5 nitrogen and oxygen atoms in total. The van der Waals surface area contributed by atoms with Crippen LogP contribution < -0.4 is 0 Å². The number of hydrogen-bond acceptors (Lipinski definition) is 5. The summed E-state index contributed by atoms with van der Waals surface area (Å²) in [6.07, 6.45) is 6.62. The maximum Gasteiger partial charge on any atom is 0.338 e. The van der Waals surface area contributed by atoms with E-state index in [0.29, 0.717) is 12.0 Å². The molecule has 32 heavy (non-hydrogen) atoms. The first-order chi connectivity index (χ1) is 15.1. The number of carbonyl (C=O) groups excluding carboxylic acids is 1. The summed E-state index contributed by atoms with van der Waals surface area (Å²) in [5, 5.41) is 11.0. The molecule has 2 heterocycles. The van der Waals surface area contributed by atoms with Crippen molar-refractivity contribution in [2.24, 2.45) is 11.3 Å². The lowest BCUT2D eigenvalue weighted by Crippen LogP contribution is -2.46. The first kappa shape index (κ1) is 22.1. The Labute approximate surface area is 191 Å². The summed E-state index contributed by atoms with van der Waals surface area (Å²) in [4.78, 5) is 12.6. The molecule has 4 fully saturated rings. The molecule has 2 saturated heterocycles. The Bertz CT molecular complexity index is 904. The summed E-state index contributed by atoms with van der Waals surface area (Å²) in [6, 6.07) is 9.09. The summed E-state index contributed by atoms with van der Waals surface area (Å²) in [5.41, 5.74) is 0.149. The van der Waals surface area contributed by atoms with E-state index < -0.39 is 11.2 Å². The average molecular weight is 441 g/mol. The van der Waals surface area contributed by atoms with E-state index >= 15 is 0 Å². The van der Waals surface area contributed by atoms with Gasteiger partial charge in [-0.15, -0.1) is 0 Å². The van der Waals surface area contributed by atoms with Crippen LogP contribution >= 0.6 is 0 Å². The molecular formula is C27H36O5. The lowest BCUT2D eigenvalue weighted by molar-refractivity contribution is -0.0299. The molecule has 1 N–H and O–H groups in total. The highest BCUT2D eigenvalue weighted by Gasteiger charge is 2.77. The van der Waals surface area contributed by atoms with Crippen molar-refractivity contribution in [1.29, 1.82) is 0 Å². The van der Waals surface area contributed by atoms with Gasteiger partial charge in [-0.3, -0.25) is 0 Å². The van der Waals surface area contributed by atoms with E-state index in [2.05, 4.69) is 13.5 Å². The number of ether oxygens (including phenoxy) is 3. The second-order valence-electron chi connectivity index (χ2n) is 11.3. The number of hydrogen-bond donors (Lipinski definition) is 1. The molecule has 0 unspecified atom stereocenters. The van der Waals surface area contributed by atoms with Gasteiger partial charge in [-0.05, 0) is 69.9 Å². The first-order valence-corrected chi connectivity index (χ1v) is 12.1. The number of allylic oxidation sites excluding steroid dienone is 1. The van der Waals surface area contributed by atoms with Gasteiger partial charge in [-0.2, -0.15) is 0 Å². The topological polar surface area (TPSA) is 71.6 Å². The minimum absolute atomic E-state index is 0.00189. The van der Waals surface area contributed by atoms with E-state index in [4.69, 9.17) is 14.2 Å². The SMILES string of the molecule is C=C1CC[C@@H]2O[C@]2(COC(=O)c2ccccc2)C[C@H]2O[C@]23[C@H](C(C)(C)O)CC[C@@]3(C)CC1. The number of carbonyl (C=O) groups is 1. The number of fused-ring (bicyclic) bond motifs is 1. The van der Waals surface area contributed by atoms with Crippen LogP contribution in [-0.4, -0.2) is 46.7 Å². The monoisotopic (exact) mass is 440 g/mol.